The van der Waals surface area contributed by atoms with Gasteiger partial charge in [0, 0.05) is 23.5 Å². The van der Waals surface area contributed by atoms with Crippen molar-refractivity contribution in [2.45, 2.75) is 57.0 Å². The Labute approximate surface area is 219 Å². The van der Waals surface area contributed by atoms with Crippen molar-refractivity contribution in [1.29, 1.82) is 0 Å². The van der Waals surface area contributed by atoms with Crippen LogP contribution in [0.5, 0.6) is 0 Å². The number of aromatic nitrogens is 1. The number of aromatic amines is 1. The fraction of sp³-hybridized carbons (Fsp3) is 0.333. The number of hydrogen-bond donors (Lipinski definition) is 7. The molecule has 8 N–H and O–H groups in total. The fourth-order valence-electron chi connectivity index (χ4n) is 4.01. The molecule has 202 valence electrons. The van der Waals surface area contributed by atoms with Gasteiger partial charge in [0.05, 0.1) is 12.1 Å². The molecule has 0 radical (unpaired) electrons. The summed E-state index contributed by atoms with van der Waals surface area (Å²) >= 11 is 0. The molecule has 0 aliphatic rings. The molecular formula is C27H33N5O6. The molecule has 0 bridgehead atoms. The molecule has 0 fully saturated rings. The molecule has 5 unspecified atom stereocenters. The van der Waals surface area contributed by atoms with Crippen molar-refractivity contribution >= 4 is 34.6 Å². The minimum atomic E-state index is -1.54. The normalized spacial score (nSPS) is 15.1. The van der Waals surface area contributed by atoms with E-state index in [-0.39, 0.29) is 12.8 Å². The molecule has 0 saturated carbocycles. The Hall–Kier alpha value is -4.22. The summed E-state index contributed by atoms with van der Waals surface area (Å²) in [6, 6.07) is 12.0. The van der Waals surface area contributed by atoms with Gasteiger partial charge in [-0.05, 0) is 37.5 Å². The summed E-state index contributed by atoms with van der Waals surface area (Å²) in [5.41, 5.74) is 8.76. The maximum atomic E-state index is 13.1. The lowest BCUT2D eigenvalue weighted by atomic mass is 10.0. The lowest BCUT2D eigenvalue weighted by Crippen LogP contribution is -2.58. The highest BCUT2D eigenvalue weighted by Crippen LogP contribution is 2.19. The highest BCUT2D eigenvalue weighted by molar-refractivity contribution is 5.94. The van der Waals surface area contributed by atoms with Crippen LogP contribution in [0.25, 0.3) is 10.9 Å². The van der Waals surface area contributed by atoms with Gasteiger partial charge in [-0.25, -0.2) is 4.79 Å². The third kappa shape index (κ3) is 7.40. The van der Waals surface area contributed by atoms with E-state index in [0.29, 0.717) is 0 Å². The zero-order chi connectivity index (χ0) is 27.8. The van der Waals surface area contributed by atoms with Crippen molar-refractivity contribution < 1.29 is 29.4 Å². The van der Waals surface area contributed by atoms with Crippen LogP contribution in [0.4, 0.5) is 0 Å². The van der Waals surface area contributed by atoms with Crippen LogP contribution in [0, 0.1) is 0 Å². The standard InChI is InChI=1S/C27H33N5O6/c1-15(24(34)32-23(16(2)33)27(37)38)30-26(36)22(12-17-8-4-3-5-9-17)31-25(35)20(28)13-18-14-29-21-11-7-6-10-19(18)21/h3-11,14-16,20,22-23,29,33H,12-13,28H2,1-2H3,(H,30,36)(H,31,35)(H,32,34)(H,37,38). The number of aliphatic hydroxyl groups is 1. The van der Waals surface area contributed by atoms with Crippen LogP contribution in [-0.2, 0) is 32.0 Å². The molecule has 3 rings (SSSR count). The lowest BCUT2D eigenvalue weighted by molar-refractivity contribution is -0.145. The van der Waals surface area contributed by atoms with E-state index in [9.17, 15) is 29.4 Å². The predicted octanol–water partition coefficient (Wildman–Crippen LogP) is 0.220. The summed E-state index contributed by atoms with van der Waals surface area (Å²) in [6.07, 6.45) is 0.828. The average Bonchev–Trinajstić information content (AvgIpc) is 3.29. The highest BCUT2D eigenvalue weighted by Gasteiger charge is 2.30. The number of para-hydroxylation sites is 1. The molecule has 5 atom stereocenters. The molecule has 38 heavy (non-hydrogen) atoms. The van der Waals surface area contributed by atoms with Crippen molar-refractivity contribution in [2.24, 2.45) is 5.73 Å². The minimum absolute atomic E-state index is 0.137. The van der Waals surface area contributed by atoms with Crippen LogP contribution in [0.3, 0.4) is 0 Å². The van der Waals surface area contributed by atoms with Crippen LogP contribution >= 0.6 is 0 Å². The molecule has 0 aliphatic carbocycles. The second-order valence-electron chi connectivity index (χ2n) is 9.22. The van der Waals surface area contributed by atoms with Gasteiger partial charge in [0.1, 0.15) is 12.1 Å². The summed E-state index contributed by atoms with van der Waals surface area (Å²) < 4.78 is 0. The summed E-state index contributed by atoms with van der Waals surface area (Å²) in [6.45, 7) is 2.60. The molecule has 1 heterocycles. The first-order chi connectivity index (χ1) is 18.1. The first kappa shape index (κ1) is 28.4. The van der Waals surface area contributed by atoms with E-state index in [4.69, 9.17) is 5.73 Å². The molecule has 11 nitrogen and oxygen atoms in total. The number of carbonyl (C=O) groups is 4. The van der Waals surface area contributed by atoms with Crippen molar-refractivity contribution in [1.82, 2.24) is 20.9 Å². The Kier molecular flexibility index (Phi) is 9.58. The number of rotatable bonds is 12. The maximum absolute atomic E-state index is 13.1. The number of hydrogen-bond acceptors (Lipinski definition) is 6. The Balaban J connectivity index is 1.70. The Morgan fingerprint density at radius 1 is 0.868 bits per heavy atom. The fourth-order valence-corrected chi connectivity index (χ4v) is 4.01. The number of aliphatic hydroxyl groups excluding tert-OH is 1. The number of benzene rings is 2. The Morgan fingerprint density at radius 2 is 1.53 bits per heavy atom. The molecule has 0 saturated heterocycles. The van der Waals surface area contributed by atoms with Crippen molar-refractivity contribution in [3.8, 4) is 0 Å². The number of carboxylic acids is 1. The van der Waals surface area contributed by atoms with Gasteiger partial charge >= 0.3 is 5.97 Å². The number of carbonyl (C=O) groups excluding carboxylic acids is 3. The number of aliphatic carboxylic acids is 1. The lowest BCUT2D eigenvalue weighted by Gasteiger charge is -2.24. The minimum Gasteiger partial charge on any atom is -0.480 e. The van der Waals surface area contributed by atoms with Gasteiger partial charge in [0.25, 0.3) is 0 Å². The first-order valence-electron chi connectivity index (χ1n) is 12.2. The van der Waals surface area contributed by atoms with E-state index in [1.165, 1.54) is 13.8 Å². The predicted molar refractivity (Wildman–Crippen MR) is 141 cm³/mol. The summed E-state index contributed by atoms with van der Waals surface area (Å²) in [5.74, 6) is -3.39. The van der Waals surface area contributed by atoms with Gasteiger partial charge in [-0.15, -0.1) is 0 Å². The molecule has 1 aromatic heterocycles. The molecule has 3 aromatic rings. The molecule has 0 spiro atoms. The molecule has 11 heteroatoms. The van der Waals surface area contributed by atoms with E-state index < -0.39 is 54.0 Å². The van der Waals surface area contributed by atoms with Crippen LogP contribution in [-0.4, -0.2) is 69.2 Å². The number of nitrogens with one attached hydrogen (secondary N) is 4. The number of carboxylic acid groups (broad SMARTS) is 1. The van der Waals surface area contributed by atoms with E-state index in [2.05, 4.69) is 20.9 Å². The quantitative estimate of drug-likeness (QED) is 0.177. The van der Waals surface area contributed by atoms with Crippen molar-refractivity contribution in [2.75, 3.05) is 0 Å². The Bertz CT molecular complexity index is 1280. The Morgan fingerprint density at radius 3 is 2.18 bits per heavy atom. The largest absolute Gasteiger partial charge is 0.480 e. The number of amides is 3. The monoisotopic (exact) mass is 523 g/mol. The third-order valence-corrected chi connectivity index (χ3v) is 6.17. The molecular weight excluding hydrogens is 490 g/mol. The smallest absolute Gasteiger partial charge is 0.328 e. The summed E-state index contributed by atoms with van der Waals surface area (Å²) in [5, 5.41) is 27.1. The maximum Gasteiger partial charge on any atom is 0.328 e. The number of nitrogens with two attached hydrogens (primary N) is 1. The van der Waals surface area contributed by atoms with Crippen LogP contribution < -0.4 is 21.7 Å². The first-order valence-corrected chi connectivity index (χ1v) is 12.2. The van der Waals surface area contributed by atoms with Crippen LogP contribution in [0.1, 0.15) is 25.0 Å². The van der Waals surface area contributed by atoms with Gasteiger partial charge in [-0.3, -0.25) is 14.4 Å². The van der Waals surface area contributed by atoms with E-state index in [1.54, 1.807) is 30.5 Å². The van der Waals surface area contributed by atoms with E-state index >= 15 is 0 Å². The zero-order valence-corrected chi connectivity index (χ0v) is 21.2. The van der Waals surface area contributed by atoms with Crippen molar-refractivity contribution in [3.05, 3.63) is 71.9 Å². The summed E-state index contributed by atoms with van der Waals surface area (Å²) in [7, 11) is 0. The topological polar surface area (TPSA) is 187 Å². The highest BCUT2D eigenvalue weighted by atomic mass is 16.4. The summed E-state index contributed by atoms with van der Waals surface area (Å²) in [4.78, 5) is 53.1. The molecule has 2 aromatic carbocycles. The van der Waals surface area contributed by atoms with Crippen LogP contribution in [0.2, 0.25) is 0 Å². The van der Waals surface area contributed by atoms with Crippen LogP contribution in [0.15, 0.2) is 60.8 Å². The molecule has 3 amide bonds. The van der Waals surface area contributed by atoms with Gasteiger partial charge in [-0.2, -0.15) is 0 Å². The second kappa shape index (κ2) is 12.8. The zero-order valence-electron chi connectivity index (χ0n) is 21.2. The molecule has 0 aliphatic heterocycles. The SMILES string of the molecule is CC(NC(=O)C(Cc1ccccc1)NC(=O)C(N)Cc1c[nH]c2ccccc12)C(=O)NC(C(=O)O)C(C)O. The van der Waals surface area contributed by atoms with Crippen molar-refractivity contribution in [3.63, 3.8) is 0 Å². The average molecular weight is 524 g/mol. The van der Waals surface area contributed by atoms with Gasteiger partial charge in [0.15, 0.2) is 6.04 Å². The van der Waals surface area contributed by atoms with E-state index in [0.717, 1.165) is 22.0 Å². The second-order valence-corrected chi connectivity index (χ2v) is 9.22. The van der Waals surface area contributed by atoms with Gasteiger partial charge in [0.2, 0.25) is 17.7 Å². The van der Waals surface area contributed by atoms with Gasteiger partial charge in [-0.1, -0.05) is 48.5 Å². The van der Waals surface area contributed by atoms with E-state index in [1.807, 2.05) is 30.3 Å². The van der Waals surface area contributed by atoms with Gasteiger partial charge < -0.3 is 36.9 Å². The third-order valence-electron chi connectivity index (χ3n) is 6.17. The number of H-pyrrole nitrogens is 1. The number of fused-ring (bicyclic) bond motifs is 1.